The molecule has 0 spiro atoms. The Morgan fingerprint density at radius 1 is 0.943 bits per heavy atom. The fourth-order valence-corrected chi connectivity index (χ4v) is 2.67. The number of hydrogen-bond acceptors (Lipinski definition) is 18. The number of carbonyl (C=O) groups excluding carboxylic acids is 3. The summed E-state index contributed by atoms with van der Waals surface area (Å²) in [5.41, 5.74) is 5.44. The van der Waals surface area contributed by atoms with Gasteiger partial charge in [0.25, 0.3) is 0 Å². The molecule has 1 aliphatic heterocycles. The highest BCUT2D eigenvalue weighted by Crippen LogP contribution is 2.29. The van der Waals surface area contributed by atoms with Crippen LogP contribution in [0.5, 0.6) is 0 Å². The molecule has 0 saturated carbocycles. The minimum atomic E-state index is -3.16. The second-order valence-corrected chi connectivity index (χ2v) is 7.50. The lowest BCUT2D eigenvalue weighted by Gasteiger charge is -2.43. The van der Waals surface area contributed by atoms with Gasteiger partial charge in [-0.15, -0.1) is 0 Å². The first-order valence-corrected chi connectivity index (χ1v) is 9.98. The van der Waals surface area contributed by atoms with E-state index in [0.717, 1.165) is 0 Å². The maximum absolute atomic E-state index is 12.0. The topological polar surface area (TPSA) is 316 Å². The summed E-state index contributed by atoms with van der Waals surface area (Å²) >= 11 is 0. The maximum atomic E-state index is 12.0. The Bertz CT molecular complexity index is 721. The van der Waals surface area contributed by atoms with Crippen molar-refractivity contribution in [2.24, 2.45) is 5.73 Å². The van der Waals surface area contributed by atoms with Gasteiger partial charge in [0.1, 0.15) is 42.7 Å². The molecule has 12 N–H and O–H groups in total. The molecule has 1 aliphatic rings. The molecule has 10 atom stereocenters. The zero-order chi connectivity index (χ0) is 27.1. The summed E-state index contributed by atoms with van der Waals surface area (Å²) < 4.78 is 9.24. The van der Waals surface area contributed by atoms with E-state index in [9.17, 15) is 55.2 Å². The van der Waals surface area contributed by atoms with E-state index in [1.54, 1.807) is 0 Å². The average molecular weight is 519 g/mol. The van der Waals surface area contributed by atoms with Crippen LogP contribution in [0.15, 0.2) is 0 Å². The van der Waals surface area contributed by atoms with E-state index in [1.165, 1.54) is 0 Å². The molecule has 18 heteroatoms. The Labute approximate surface area is 196 Å². The predicted octanol–water partition coefficient (Wildman–Crippen LogP) is -7.81. The van der Waals surface area contributed by atoms with Crippen molar-refractivity contribution in [2.75, 3.05) is 13.2 Å². The molecule has 0 amide bonds. The predicted molar refractivity (Wildman–Crippen MR) is 102 cm³/mol. The molecule has 0 aromatic rings. The van der Waals surface area contributed by atoms with E-state index in [4.69, 9.17) is 20.7 Å². The molecule has 0 aromatic heterocycles. The zero-order valence-electron chi connectivity index (χ0n) is 17.9. The first-order valence-electron chi connectivity index (χ1n) is 9.98. The number of hydrogen-bond donors (Lipinski definition) is 11. The number of ether oxygens (including phenoxy) is 2. The van der Waals surface area contributed by atoms with Gasteiger partial charge < -0.3 is 66.3 Å². The van der Waals surface area contributed by atoms with E-state index >= 15 is 0 Å². The van der Waals surface area contributed by atoms with Crippen molar-refractivity contribution in [3.05, 3.63) is 0 Å². The molecule has 18 nitrogen and oxygen atoms in total. The van der Waals surface area contributed by atoms with Crippen LogP contribution in [0.2, 0.25) is 0 Å². The number of rotatable bonds is 11. The summed E-state index contributed by atoms with van der Waals surface area (Å²) in [6.07, 6.45) is -18.1. The molecule has 1 saturated heterocycles. The lowest BCUT2D eigenvalue weighted by molar-refractivity contribution is -0.434. The van der Waals surface area contributed by atoms with Crippen molar-refractivity contribution in [3.63, 3.8) is 0 Å². The second kappa shape index (κ2) is 13.3. The highest BCUT2D eigenvalue weighted by molar-refractivity contribution is 5.79. The number of aliphatic hydroxyl groups is 10. The fourth-order valence-electron chi connectivity index (χ4n) is 2.67. The van der Waals surface area contributed by atoms with E-state index in [1.807, 2.05) is 0 Å². The quantitative estimate of drug-likeness (QED) is 0.0522. The van der Waals surface area contributed by atoms with Gasteiger partial charge in [0, 0.05) is 6.42 Å². The van der Waals surface area contributed by atoms with E-state index in [-0.39, 0.29) is 0 Å². The normalized spacial score (nSPS) is 30.9. The molecule has 5 unspecified atom stereocenters. The van der Waals surface area contributed by atoms with Crippen LogP contribution in [-0.4, -0.2) is 143 Å². The van der Waals surface area contributed by atoms with Gasteiger partial charge in [-0.25, -0.2) is 19.4 Å². The molecule has 1 fully saturated rings. The van der Waals surface area contributed by atoms with Crippen LogP contribution in [0, 0.1) is 0 Å². The minimum absolute atomic E-state index is 0.567. The fraction of sp³-hybridized carbons (Fsp3) is 0.824. The number of esters is 1. The van der Waals surface area contributed by atoms with Crippen LogP contribution in [0.4, 0.5) is 0 Å². The molecular weight excluding hydrogens is 490 g/mol. The van der Waals surface area contributed by atoms with Crippen LogP contribution in [-0.2, 0) is 33.6 Å². The van der Waals surface area contributed by atoms with Crippen LogP contribution in [0.3, 0.4) is 0 Å². The third-order valence-corrected chi connectivity index (χ3v) is 4.85. The monoisotopic (exact) mass is 519 g/mol. The van der Waals surface area contributed by atoms with Gasteiger partial charge in [-0.1, -0.05) is 0 Å². The van der Waals surface area contributed by atoms with Crippen LogP contribution in [0.1, 0.15) is 12.8 Å². The van der Waals surface area contributed by atoms with Crippen molar-refractivity contribution in [2.45, 2.75) is 73.7 Å². The molecule has 0 bridgehead atoms. The summed E-state index contributed by atoms with van der Waals surface area (Å²) in [5, 5.41) is 94.7. The third kappa shape index (κ3) is 7.96. The summed E-state index contributed by atoms with van der Waals surface area (Å²) in [5.74, 6) is -7.74. The first-order chi connectivity index (χ1) is 16.2. The smallest absolute Gasteiger partial charge is 0.386 e. The highest BCUT2D eigenvalue weighted by Gasteiger charge is 2.55. The Morgan fingerprint density at radius 2 is 1.51 bits per heavy atom. The van der Waals surface area contributed by atoms with E-state index in [0.29, 0.717) is 0 Å². The largest absolute Gasteiger partial charge is 0.406 e. The van der Waals surface area contributed by atoms with Gasteiger partial charge in [0.05, 0.1) is 13.2 Å². The van der Waals surface area contributed by atoms with Crippen LogP contribution in [0.25, 0.3) is 0 Å². The molecule has 1 rings (SSSR count). The van der Waals surface area contributed by atoms with Crippen molar-refractivity contribution in [3.8, 4) is 0 Å². The van der Waals surface area contributed by atoms with Crippen molar-refractivity contribution >= 4 is 17.9 Å². The van der Waals surface area contributed by atoms with Crippen molar-refractivity contribution in [1.82, 2.24) is 0 Å². The Balaban J connectivity index is 2.53. The van der Waals surface area contributed by atoms with Gasteiger partial charge in [-0.05, 0) is 6.42 Å². The Hall–Kier alpha value is -2.07. The Morgan fingerprint density at radius 3 is 2.06 bits per heavy atom. The lowest BCUT2D eigenvalue weighted by Crippen LogP contribution is -2.66. The molecule has 0 radical (unpaired) electrons. The number of aliphatic hydroxyl groups excluding tert-OH is 9. The number of nitrogens with two attached hydrogens (primary N) is 1. The molecule has 0 aliphatic carbocycles. The molecular formula is C17H29NO17. The van der Waals surface area contributed by atoms with E-state index in [2.05, 4.69) is 14.5 Å². The van der Waals surface area contributed by atoms with Gasteiger partial charge in [0.15, 0.2) is 12.2 Å². The van der Waals surface area contributed by atoms with Gasteiger partial charge in [-0.3, -0.25) is 4.79 Å². The van der Waals surface area contributed by atoms with Crippen molar-refractivity contribution in [1.29, 1.82) is 0 Å². The summed E-state index contributed by atoms with van der Waals surface area (Å²) in [6, 6.07) is -1.66. The van der Waals surface area contributed by atoms with E-state index < -0.39 is 105 Å². The van der Waals surface area contributed by atoms with Gasteiger partial charge in [-0.2, -0.15) is 0 Å². The molecule has 0 aromatic carbocycles. The summed E-state index contributed by atoms with van der Waals surface area (Å²) in [6.45, 7) is -1.94. The molecule has 1 heterocycles. The number of carbonyl (C=O) groups is 3. The molecule has 204 valence electrons. The Kier molecular flexibility index (Phi) is 11.8. The maximum Gasteiger partial charge on any atom is 0.386 e. The van der Waals surface area contributed by atoms with Crippen molar-refractivity contribution < 1.29 is 84.7 Å². The highest BCUT2D eigenvalue weighted by atomic mass is 17.2. The second-order valence-electron chi connectivity index (χ2n) is 7.50. The average Bonchev–Trinajstić information content (AvgIpc) is 2.84. The minimum Gasteiger partial charge on any atom is -0.406 e. The lowest BCUT2D eigenvalue weighted by atomic mass is 9.98. The first kappa shape index (κ1) is 31.0. The molecule has 35 heavy (non-hydrogen) atoms. The van der Waals surface area contributed by atoms with Crippen LogP contribution < -0.4 is 5.73 Å². The SMILES string of the molecule is N[C@H](CCC(=O)OC1(O)O[C@H](CO)[C@@H](O)[C@H](O)[C@H]1O)C(=O)OOC(=O)C(O)C(O)C(O)C(O)CO. The van der Waals surface area contributed by atoms with Crippen LogP contribution >= 0.6 is 0 Å². The third-order valence-electron chi connectivity index (χ3n) is 4.85. The van der Waals surface area contributed by atoms with Gasteiger partial charge in [0.2, 0.25) is 0 Å². The zero-order valence-corrected chi connectivity index (χ0v) is 17.9. The summed E-state index contributed by atoms with van der Waals surface area (Å²) in [7, 11) is 0. The van der Waals surface area contributed by atoms with Gasteiger partial charge >= 0.3 is 23.9 Å². The summed E-state index contributed by atoms with van der Waals surface area (Å²) in [4.78, 5) is 43.3. The standard InChI is InChI=1S/C17H29NO17/c18-5(15(29)34-35-16(30)13(27)11(25)9(23)6(21)3-19)1-2-8(22)33-17(31)14(28)12(26)10(24)7(4-20)32-17/h5-7,9-14,19-21,23-28,31H,1-4,18H2/t5-,6?,7-,9?,10-,11?,12+,13?,14-,17?/m1/s1.